The molecule has 1 aromatic carbocycles. The SMILES string of the molecule is OC1Nc2c(cnc3cc(C4CC4)nn23)C=C1c1ccccc1. The minimum atomic E-state index is -0.760. The van der Waals surface area contributed by atoms with Crippen LogP contribution in [0.5, 0.6) is 0 Å². The first-order chi connectivity index (χ1) is 11.3. The number of hydrogen-bond acceptors (Lipinski definition) is 4. The molecule has 1 aliphatic carbocycles. The Balaban J connectivity index is 1.66. The molecule has 5 heteroatoms. The van der Waals surface area contributed by atoms with Gasteiger partial charge in [-0.25, -0.2) is 4.98 Å². The highest BCUT2D eigenvalue weighted by Gasteiger charge is 2.28. The molecule has 2 aromatic heterocycles. The van der Waals surface area contributed by atoms with Crippen molar-refractivity contribution in [1.82, 2.24) is 14.6 Å². The number of aromatic nitrogens is 3. The van der Waals surface area contributed by atoms with E-state index in [1.807, 2.05) is 53.2 Å². The lowest BCUT2D eigenvalue weighted by molar-refractivity contribution is 0.260. The molecule has 1 aliphatic heterocycles. The van der Waals surface area contributed by atoms with Gasteiger partial charge in [0.15, 0.2) is 11.9 Å². The summed E-state index contributed by atoms with van der Waals surface area (Å²) in [7, 11) is 0. The van der Waals surface area contributed by atoms with Gasteiger partial charge in [0.05, 0.1) is 5.69 Å². The minimum absolute atomic E-state index is 0.580. The van der Waals surface area contributed by atoms with Gasteiger partial charge in [-0.1, -0.05) is 30.3 Å². The third-order valence-corrected chi connectivity index (χ3v) is 4.51. The normalized spacial score (nSPS) is 20.0. The first-order valence-corrected chi connectivity index (χ1v) is 7.90. The summed E-state index contributed by atoms with van der Waals surface area (Å²) in [6.45, 7) is 0. The molecule has 1 fully saturated rings. The third kappa shape index (κ3) is 2.04. The quantitative estimate of drug-likeness (QED) is 0.764. The molecule has 1 saturated carbocycles. The molecule has 1 unspecified atom stereocenters. The maximum Gasteiger partial charge on any atom is 0.157 e. The number of nitrogens with zero attached hydrogens (tertiary/aromatic N) is 3. The van der Waals surface area contributed by atoms with Gasteiger partial charge in [-0.3, -0.25) is 0 Å². The van der Waals surface area contributed by atoms with Crippen molar-refractivity contribution in [3.63, 3.8) is 0 Å². The molecular formula is C18H16N4O. The number of nitrogens with one attached hydrogen (secondary N) is 1. The van der Waals surface area contributed by atoms with Crippen LogP contribution in [-0.4, -0.2) is 25.9 Å². The van der Waals surface area contributed by atoms with E-state index in [-0.39, 0.29) is 0 Å². The van der Waals surface area contributed by atoms with E-state index in [0.29, 0.717) is 5.92 Å². The van der Waals surface area contributed by atoms with E-state index < -0.39 is 6.23 Å². The van der Waals surface area contributed by atoms with Crippen molar-refractivity contribution in [3.8, 4) is 0 Å². The van der Waals surface area contributed by atoms with Crippen LogP contribution in [-0.2, 0) is 0 Å². The first-order valence-electron chi connectivity index (χ1n) is 7.90. The summed E-state index contributed by atoms with van der Waals surface area (Å²) in [6.07, 6.45) is 5.48. The Morgan fingerprint density at radius 3 is 2.78 bits per heavy atom. The van der Waals surface area contributed by atoms with Gasteiger partial charge in [-0.2, -0.15) is 9.61 Å². The molecule has 0 amide bonds. The molecule has 0 bridgehead atoms. The predicted octanol–water partition coefficient (Wildman–Crippen LogP) is 2.89. The Morgan fingerprint density at radius 2 is 2.00 bits per heavy atom. The summed E-state index contributed by atoms with van der Waals surface area (Å²) in [4.78, 5) is 4.51. The molecule has 0 saturated heterocycles. The van der Waals surface area contributed by atoms with E-state index in [4.69, 9.17) is 0 Å². The highest BCUT2D eigenvalue weighted by atomic mass is 16.3. The van der Waals surface area contributed by atoms with E-state index in [1.54, 1.807) is 0 Å². The molecule has 3 aromatic rings. The molecule has 23 heavy (non-hydrogen) atoms. The molecule has 3 heterocycles. The van der Waals surface area contributed by atoms with Crippen LogP contribution in [0.4, 0.5) is 5.82 Å². The summed E-state index contributed by atoms with van der Waals surface area (Å²) < 4.78 is 1.81. The van der Waals surface area contributed by atoms with Gasteiger partial charge in [0.2, 0.25) is 0 Å². The molecule has 5 rings (SSSR count). The van der Waals surface area contributed by atoms with Gasteiger partial charge in [-0.05, 0) is 24.5 Å². The Morgan fingerprint density at radius 1 is 1.17 bits per heavy atom. The van der Waals surface area contributed by atoms with Crippen LogP contribution in [0, 0.1) is 0 Å². The van der Waals surface area contributed by atoms with Crippen LogP contribution in [0.3, 0.4) is 0 Å². The van der Waals surface area contributed by atoms with Crippen LogP contribution in [0.15, 0.2) is 42.6 Å². The van der Waals surface area contributed by atoms with Crippen LogP contribution in [0.1, 0.15) is 35.6 Å². The standard InChI is InChI=1S/C18H16N4O/c23-18-14(11-4-2-1-3-5-11)8-13-10-19-16-9-15(12-6-7-12)21-22(16)17(13)20-18/h1-5,8-10,12,18,20,23H,6-7H2. The average Bonchev–Trinajstić information content (AvgIpc) is 3.34. The summed E-state index contributed by atoms with van der Waals surface area (Å²) >= 11 is 0. The summed E-state index contributed by atoms with van der Waals surface area (Å²) in [5.41, 5.74) is 4.69. The Kier molecular flexibility index (Phi) is 2.60. The fourth-order valence-electron chi connectivity index (χ4n) is 3.12. The fraction of sp³-hybridized carbons (Fsp3) is 0.222. The Hall–Kier alpha value is -2.66. The lowest BCUT2D eigenvalue weighted by atomic mass is 9.99. The molecular weight excluding hydrogens is 288 g/mol. The molecule has 114 valence electrons. The second kappa shape index (κ2) is 4.67. The largest absolute Gasteiger partial charge is 0.369 e. The number of hydrogen-bond donors (Lipinski definition) is 2. The van der Waals surface area contributed by atoms with Crippen molar-refractivity contribution >= 4 is 23.1 Å². The second-order valence-electron chi connectivity index (χ2n) is 6.19. The topological polar surface area (TPSA) is 62.5 Å². The van der Waals surface area contributed by atoms with Crippen molar-refractivity contribution in [2.45, 2.75) is 25.0 Å². The van der Waals surface area contributed by atoms with Gasteiger partial charge >= 0.3 is 0 Å². The summed E-state index contributed by atoms with van der Waals surface area (Å²) in [5.74, 6) is 1.38. The van der Waals surface area contributed by atoms with Crippen LogP contribution >= 0.6 is 0 Å². The third-order valence-electron chi connectivity index (χ3n) is 4.51. The van der Waals surface area contributed by atoms with E-state index >= 15 is 0 Å². The zero-order valence-corrected chi connectivity index (χ0v) is 12.5. The lowest BCUT2D eigenvalue weighted by Crippen LogP contribution is -2.26. The maximum absolute atomic E-state index is 10.5. The predicted molar refractivity (Wildman–Crippen MR) is 88.9 cm³/mol. The highest BCUT2D eigenvalue weighted by Crippen LogP contribution is 2.40. The van der Waals surface area contributed by atoms with Gasteiger partial charge in [0.1, 0.15) is 5.82 Å². The van der Waals surface area contributed by atoms with E-state index in [2.05, 4.69) is 15.4 Å². The number of aliphatic hydroxyl groups excluding tert-OH is 1. The van der Waals surface area contributed by atoms with Gasteiger partial charge in [-0.15, -0.1) is 0 Å². The number of rotatable bonds is 2. The first kappa shape index (κ1) is 12.8. The molecule has 0 spiro atoms. The smallest absolute Gasteiger partial charge is 0.157 e. The van der Waals surface area contributed by atoms with E-state index in [9.17, 15) is 5.11 Å². The molecule has 1 atom stereocenters. The highest BCUT2D eigenvalue weighted by molar-refractivity contribution is 5.90. The molecule has 2 N–H and O–H groups in total. The zero-order valence-electron chi connectivity index (χ0n) is 12.5. The number of fused-ring (bicyclic) bond motifs is 3. The number of aliphatic hydroxyl groups is 1. The van der Waals surface area contributed by atoms with Crippen molar-refractivity contribution in [2.75, 3.05) is 5.32 Å². The summed E-state index contributed by atoms with van der Waals surface area (Å²) in [6, 6.07) is 11.9. The molecule has 2 aliphatic rings. The van der Waals surface area contributed by atoms with Crippen molar-refractivity contribution in [2.24, 2.45) is 0 Å². The van der Waals surface area contributed by atoms with Crippen LogP contribution in [0.25, 0.3) is 17.3 Å². The average molecular weight is 304 g/mol. The second-order valence-corrected chi connectivity index (χ2v) is 6.19. The van der Waals surface area contributed by atoms with Crippen molar-refractivity contribution in [1.29, 1.82) is 0 Å². The van der Waals surface area contributed by atoms with E-state index in [1.165, 1.54) is 12.8 Å². The van der Waals surface area contributed by atoms with Gasteiger partial charge in [0.25, 0.3) is 0 Å². The van der Waals surface area contributed by atoms with Crippen LogP contribution in [0.2, 0.25) is 0 Å². The lowest BCUT2D eigenvalue weighted by Gasteiger charge is -2.24. The van der Waals surface area contributed by atoms with Crippen molar-refractivity contribution in [3.05, 3.63) is 59.4 Å². The maximum atomic E-state index is 10.5. The van der Waals surface area contributed by atoms with E-state index in [0.717, 1.165) is 33.9 Å². The van der Waals surface area contributed by atoms with Crippen LogP contribution < -0.4 is 5.32 Å². The monoisotopic (exact) mass is 304 g/mol. The number of anilines is 1. The molecule has 5 nitrogen and oxygen atoms in total. The van der Waals surface area contributed by atoms with Gasteiger partial charge in [0, 0.05) is 29.3 Å². The van der Waals surface area contributed by atoms with Crippen molar-refractivity contribution < 1.29 is 5.11 Å². The zero-order chi connectivity index (χ0) is 15.4. The minimum Gasteiger partial charge on any atom is -0.369 e. The number of benzene rings is 1. The Labute approximate surface area is 133 Å². The Bertz CT molecular complexity index is 925. The van der Waals surface area contributed by atoms with Gasteiger partial charge < -0.3 is 10.4 Å². The molecule has 0 radical (unpaired) electrons. The summed E-state index contributed by atoms with van der Waals surface area (Å²) in [5, 5.41) is 18.4. The fourth-order valence-corrected chi connectivity index (χ4v) is 3.12.